The van der Waals surface area contributed by atoms with E-state index < -0.39 is 34.8 Å². The maximum atomic E-state index is 14.1. The predicted molar refractivity (Wildman–Crippen MR) is 82.4 cm³/mol. The molecule has 0 bridgehead atoms. The molecule has 0 amide bonds. The summed E-state index contributed by atoms with van der Waals surface area (Å²) in [6.07, 6.45) is 1.78. The molecule has 2 aromatic carbocycles. The molecule has 1 aromatic heterocycles. The highest BCUT2D eigenvalue weighted by Crippen LogP contribution is 2.26. The molecule has 4 nitrogen and oxygen atoms in total. The molecule has 0 radical (unpaired) electrons. The zero-order chi connectivity index (χ0) is 19.1. The Hall–Kier alpha value is -2.81. The predicted octanol–water partition coefficient (Wildman–Crippen LogP) is 3.17. The van der Waals surface area contributed by atoms with Gasteiger partial charge in [0.2, 0.25) is 41.1 Å². The SMILES string of the molecule is Fc1c(F)c(F)c(-n2c[n+]3c(n2)COC[C@@H]3Cc2ccccc2)c(F)c1F. The first kappa shape index (κ1) is 17.6. The van der Waals surface area contributed by atoms with Gasteiger partial charge in [-0.2, -0.15) is 8.78 Å². The number of benzene rings is 2. The van der Waals surface area contributed by atoms with Crippen LogP contribution in [0.2, 0.25) is 0 Å². The van der Waals surface area contributed by atoms with Crippen molar-refractivity contribution in [2.45, 2.75) is 19.1 Å². The average Bonchev–Trinajstić information content (AvgIpc) is 3.10. The van der Waals surface area contributed by atoms with Gasteiger partial charge >= 0.3 is 5.82 Å². The Morgan fingerprint density at radius 3 is 2.26 bits per heavy atom. The third-order valence-corrected chi connectivity index (χ3v) is 4.42. The zero-order valence-corrected chi connectivity index (χ0v) is 13.8. The highest BCUT2D eigenvalue weighted by atomic mass is 19.2. The monoisotopic (exact) mass is 382 g/mol. The van der Waals surface area contributed by atoms with Gasteiger partial charge < -0.3 is 4.74 Å². The van der Waals surface area contributed by atoms with Gasteiger partial charge in [0.05, 0.1) is 6.61 Å². The first-order valence-electron chi connectivity index (χ1n) is 8.10. The lowest BCUT2D eigenvalue weighted by Gasteiger charge is -2.19. The summed E-state index contributed by atoms with van der Waals surface area (Å²) in [7, 11) is 0. The lowest BCUT2D eigenvalue weighted by molar-refractivity contribution is -0.742. The van der Waals surface area contributed by atoms with Crippen molar-refractivity contribution < 1.29 is 31.3 Å². The molecule has 1 aliphatic heterocycles. The summed E-state index contributed by atoms with van der Waals surface area (Å²) in [5.41, 5.74) is -0.109. The molecular formula is C18H13F5N3O+. The molecule has 0 N–H and O–H groups in total. The summed E-state index contributed by atoms with van der Waals surface area (Å²) in [6.45, 7) is 0.392. The fraction of sp³-hybridized carbons (Fsp3) is 0.222. The molecule has 0 fully saturated rings. The van der Waals surface area contributed by atoms with Crippen LogP contribution in [0.1, 0.15) is 17.4 Å². The number of hydrogen-bond donors (Lipinski definition) is 0. The van der Waals surface area contributed by atoms with Crippen molar-refractivity contribution in [3.05, 3.63) is 77.1 Å². The standard InChI is InChI=1S/C18H13F5N3O/c19-13-14(20)16(22)18(17(23)15(13)21)26-9-25-11(7-27-8-12(25)24-26)6-10-4-2-1-3-5-10/h1-5,9,11H,6-8H2/q+1/t11-/m0/s1. The highest BCUT2D eigenvalue weighted by Gasteiger charge is 2.35. The molecule has 4 rings (SSSR count). The van der Waals surface area contributed by atoms with Crippen LogP contribution in [0.15, 0.2) is 36.7 Å². The highest BCUT2D eigenvalue weighted by molar-refractivity contribution is 5.36. The smallest absolute Gasteiger partial charge is 0.304 e. The molecular weight excluding hydrogens is 369 g/mol. The van der Waals surface area contributed by atoms with Crippen molar-refractivity contribution in [2.75, 3.05) is 6.61 Å². The van der Waals surface area contributed by atoms with Crippen molar-refractivity contribution in [3.63, 3.8) is 0 Å². The molecule has 1 atom stereocenters. The van der Waals surface area contributed by atoms with Crippen molar-refractivity contribution in [2.24, 2.45) is 0 Å². The lowest BCUT2D eigenvalue weighted by atomic mass is 10.1. The van der Waals surface area contributed by atoms with E-state index in [1.54, 1.807) is 4.57 Å². The third-order valence-electron chi connectivity index (χ3n) is 4.42. The minimum Gasteiger partial charge on any atom is -0.367 e. The second-order valence-electron chi connectivity index (χ2n) is 6.16. The molecule has 3 aromatic rings. The normalized spacial score (nSPS) is 16.4. The average molecular weight is 382 g/mol. The van der Waals surface area contributed by atoms with Crippen molar-refractivity contribution in [1.82, 2.24) is 9.78 Å². The van der Waals surface area contributed by atoms with Crippen LogP contribution in [0.25, 0.3) is 5.69 Å². The van der Waals surface area contributed by atoms with Crippen LogP contribution in [0, 0.1) is 29.1 Å². The first-order chi connectivity index (χ1) is 13.0. The van der Waals surface area contributed by atoms with Crippen LogP contribution in [-0.2, 0) is 17.8 Å². The Kier molecular flexibility index (Phi) is 4.39. The lowest BCUT2D eigenvalue weighted by Crippen LogP contribution is -2.48. The molecule has 0 saturated carbocycles. The quantitative estimate of drug-likeness (QED) is 0.302. The van der Waals surface area contributed by atoms with Crippen molar-refractivity contribution >= 4 is 0 Å². The summed E-state index contributed by atoms with van der Waals surface area (Å²) in [4.78, 5) is 0. The summed E-state index contributed by atoms with van der Waals surface area (Å²) in [6, 6.07) is 9.24. The van der Waals surface area contributed by atoms with Crippen molar-refractivity contribution in [1.29, 1.82) is 0 Å². The van der Waals surface area contributed by atoms with Gasteiger partial charge in [-0.3, -0.25) is 0 Å². The number of aromatic nitrogens is 3. The molecule has 27 heavy (non-hydrogen) atoms. The van der Waals surface area contributed by atoms with Crippen LogP contribution in [-0.4, -0.2) is 16.4 Å². The molecule has 0 spiro atoms. The summed E-state index contributed by atoms with van der Waals surface area (Å²) in [5, 5.41) is 3.97. The summed E-state index contributed by atoms with van der Waals surface area (Å²) >= 11 is 0. The molecule has 140 valence electrons. The van der Waals surface area contributed by atoms with Crippen LogP contribution in [0.4, 0.5) is 22.0 Å². The van der Waals surface area contributed by atoms with E-state index >= 15 is 0 Å². The van der Waals surface area contributed by atoms with Gasteiger partial charge in [-0.15, -0.1) is 0 Å². The van der Waals surface area contributed by atoms with Gasteiger partial charge in [0.25, 0.3) is 0 Å². The number of ether oxygens (including phenoxy) is 1. The number of rotatable bonds is 3. The Labute approximate surface area is 150 Å². The van der Waals surface area contributed by atoms with Gasteiger partial charge in [0.15, 0.2) is 0 Å². The summed E-state index contributed by atoms with van der Waals surface area (Å²) in [5.74, 6) is -9.78. The maximum Gasteiger partial charge on any atom is 0.304 e. The van der Waals surface area contributed by atoms with Crippen LogP contribution in [0.5, 0.6) is 0 Å². The van der Waals surface area contributed by atoms with Crippen molar-refractivity contribution in [3.8, 4) is 5.69 Å². The van der Waals surface area contributed by atoms with E-state index in [1.807, 2.05) is 30.3 Å². The second-order valence-corrected chi connectivity index (χ2v) is 6.16. The van der Waals surface area contributed by atoms with E-state index in [1.165, 1.54) is 6.33 Å². The molecule has 2 heterocycles. The van der Waals surface area contributed by atoms with E-state index in [0.29, 0.717) is 23.5 Å². The van der Waals surface area contributed by atoms with Gasteiger partial charge in [-0.05, 0) is 5.56 Å². The number of hydrogen-bond acceptors (Lipinski definition) is 2. The first-order valence-corrected chi connectivity index (χ1v) is 8.10. The molecule has 0 saturated heterocycles. The van der Waals surface area contributed by atoms with Gasteiger partial charge in [0.1, 0.15) is 12.6 Å². The van der Waals surface area contributed by atoms with Gasteiger partial charge in [0, 0.05) is 11.5 Å². The van der Waals surface area contributed by atoms with Gasteiger partial charge in [-0.25, -0.2) is 17.7 Å². The fourth-order valence-corrected chi connectivity index (χ4v) is 3.11. The molecule has 0 aliphatic carbocycles. The van der Waals surface area contributed by atoms with Crippen LogP contribution < -0.4 is 4.57 Å². The number of halogens is 5. The largest absolute Gasteiger partial charge is 0.367 e. The second kappa shape index (κ2) is 6.73. The molecule has 0 unspecified atom stereocenters. The third kappa shape index (κ3) is 2.97. The Bertz CT molecular complexity index is 977. The van der Waals surface area contributed by atoms with E-state index in [4.69, 9.17) is 4.74 Å². The Balaban J connectivity index is 1.77. The fourth-order valence-electron chi connectivity index (χ4n) is 3.11. The maximum absolute atomic E-state index is 14.1. The molecule has 1 aliphatic rings. The van der Waals surface area contributed by atoms with E-state index in [0.717, 1.165) is 5.56 Å². The molecule has 9 heteroatoms. The summed E-state index contributed by atoms with van der Waals surface area (Å²) < 4.78 is 76.2. The zero-order valence-electron chi connectivity index (χ0n) is 13.8. The van der Waals surface area contributed by atoms with Crippen LogP contribution >= 0.6 is 0 Å². The van der Waals surface area contributed by atoms with E-state index in [-0.39, 0.29) is 12.6 Å². The van der Waals surface area contributed by atoms with Crippen LogP contribution in [0.3, 0.4) is 0 Å². The van der Waals surface area contributed by atoms with Gasteiger partial charge in [-0.1, -0.05) is 35.0 Å². The number of fused-ring (bicyclic) bond motifs is 1. The Morgan fingerprint density at radius 2 is 1.59 bits per heavy atom. The number of nitrogens with zero attached hydrogens (tertiary/aromatic N) is 3. The minimum absolute atomic E-state index is 0.0632. The Morgan fingerprint density at radius 1 is 0.963 bits per heavy atom. The van der Waals surface area contributed by atoms with E-state index in [2.05, 4.69) is 5.10 Å². The van der Waals surface area contributed by atoms with E-state index in [9.17, 15) is 22.0 Å². The topological polar surface area (TPSA) is 30.9 Å². The minimum atomic E-state index is -2.20.